The minimum atomic E-state index is -0.136. The number of carbonyl (C=O) groups excluding carboxylic acids is 1. The van der Waals surface area contributed by atoms with E-state index in [4.69, 9.17) is 4.98 Å². The molecule has 1 saturated heterocycles. The summed E-state index contributed by atoms with van der Waals surface area (Å²) in [4.78, 5) is 28.7. The van der Waals surface area contributed by atoms with Crippen LogP contribution in [0, 0.1) is 13.8 Å². The molecule has 1 atom stereocenters. The first-order valence-electron chi connectivity index (χ1n) is 10.00. The van der Waals surface area contributed by atoms with Crippen LogP contribution < -0.4 is 5.32 Å². The Bertz CT molecular complexity index is 1070. The maximum Gasteiger partial charge on any atom is 0.247 e. The summed E-state index contributed by atoms with van der Waals surface area (Å²) in [5.74, 6) is 1.35. The van der Waals surface area contributed by atoms with Crippen molar-refractivity contribution < 1.29 is 4.79 Å². The van der Waals surface area contributed by atoms with Gasteiger partial charge in [0.2, 0.25) is 5.91 Å². The molecular formula is C21H25N7OS. The minimum absolute atomic E-state index is 0.0290. The van der Waals surface area contributed by atoms with Crippen molar-refractivity contribution in [2.75, 3.05) is 11.9 Å². The molecule has 8 nitrogen and oxygen atoms in total. The summed E-state index contributed by atoms with van der Waals surface area (Å²) in [6.45, 7) is 4.61. The Morgan fingerprint density at radius 2 is 2.10 bits per heavy atom. The number of aromatic nitrogens is 5. The number of anilines is 2. The van der Waals surface area contributed by atoms with Crippen molar-refractivity contribution in [3.05, 3.63) is 52.7 Å². The summed E-state index contributed by atoms with van der Waals surface area (Å²) >= 11 is 1.54. The average molecular weight is 424 g/mol. The average Bonchev–Trinajstić information content (AvgIpc) is 3.33. The molecule has 0 bridgehead atoms. The third-order valence-electron chi connectivity index (χ3n) is 4.95. The summed E-state index contributed by atoms with van der Waals surface area (Å²) in [5.41, 5.74) is 2.73. The fraction of sp³-hybridized carbons (Fsp3) is 0.381. The number of nitrogens with one attached hydrogen (secondary N) is 1. The number of amides is 1. The predicted octanol–water partition coefficient (Wildman–Crippen LogP) is 3.79. The van der Waals surface area contributed by atoms with E-state index in [1.165, 1.54) is 0 Å². The zero-order valence-electron chi connectivity index (χ0n) is 17.4. The van der Waals surface area contributed by atoms with E-state index < -0.39 is 0 Å². The molecule has 156 valence electrons. The van der Waals surface area contributed by atoms with E-state index in [-0.39, 0.29) is 11.9 Å². The number of carbonyl (C=O) groups is 1. The first-order chi connectivity index (χ1) is 14.5. The summed E-state index contributed by atoms with van der Waals surface area (Å²) in [7, 11) is 1.85. The van der Waals surface area contributed by atoms with Crippen LogP contribution in [0.15, 0.2) is 29.9 Å². The number of hydrogen-bond acceptors (Lipinski definition) is 7. The van der Waals surface area contributed by atoms with Crippen LogP contribution in [-0.4, -0.2) is 42.1 Å². The molecule has 0 saturated carbocycles. The Morgan fingerprint density at radius 3 is 2.83 bits per heavy atom. The maximum atomic E-state index is 13.0. The van der Waals surface area contributed by atoms with Crippen molar-refractivity contribution in [1.29, 1.82) is 0 Å². The lowest BCUT2D eigenvalue weighted by molar-refractivity contribution is -0.129. The summed E-state index contributed by atoms with van der Waals surface area (Å²) in [6.07, 6.45) is 9.91. The molecule has 0 spiro atoms. The quantitative estimate of drug-likeness (QED) is 0.628. The summed E-state index contributed by atoms with van der Waals surface area (Å²) in [6, 6.07) is 1.76. The molecule has 3 aromatic heterocycles. The van der Waals surface area contributed by atoms with Gasteiger partial charge in [0.25, 0.3) is 0 Å². The van der Waals surface area contributed by atoms with Crippen molar-refractivity contribution in [1.82, 2.24) is 29.6 Å². The first kappa shape index (κ1) is 20.2. The minimum Gasteiger partial charge on any atom is -0.329 e. The van der Waals surface area contributed by atoms with Crippen molar-refractivity contribution in [3.8, 4) is 0 Å². The molecule has 0 radical (unpaired) electrons. The largest absolute Gasteiger partial charge is 0.329 e. The SMILES string of the molecule is Cc1cc(Nc2nc(C)cs2)nc(C2CCCCN2C(=O)/C=C/c2cnn(C)c2)n1. The number of aryl methyl sites for hydroxylation is 3. The molecule has 0 aliphatic carbocycles. The van der Waals surface area contributed by atoms with Gasteiger partial charge in [0, 0.05) is 48.6 Å². The molecule has 1 amide bonds. The zero-order chi connectivity index (χ0) is 21.1. The van der Waals surface area contributed by atoms with Crippen molar-refractivity contribution in [2.24, 2.45) is 7.05 Å². The van der Waals surface area contributed by atoms with E-state index in [9.17, 15) is 4.79 Å². The molecule has 1 aliphatic rings. The lowest BCUT2D eigenvalue weighted by Gasteiger charge is -2.34. The second-order valence-corrected chi connectivity index (χ2v) is 8.35. The Morgan fingerprint density at radius 1 is 1.23 bits per heavy atom. The van der Waals surface area contributed by atoms with Crippen LogP contribution in [0.5, 0.6) is 0 Å². The number of rotatable bonds is 5. The summed E-state index contributed by atoms with van der Waals surface area (Å²) < 4.78 is 1.72. The number of thiazole rings is 1. The smallest absolute Gasteiger partial charge is 0.247 e. The highest BCUT2D eigenvalue weighted by Crippen LogP contribution is 2.30. The Balaban J connectivity index is 1.55. The number of piperidine rings is 1. The third kappa shape index (κ3) is 4.73. The van der Waals surface area contributed by atoms with Gasteiger partial charge in [-0.2, -0.15) is 5.10 Å². The Kier molecular flexibility index (Phi) is 5.89. The van der Waals surface area contributed by atoms with Crippen LogP contribution >= 0.6 is 11.3 Å². The van der Waals surface area contributed by atoms with Gasteiger partial charge in [-0.15, -0.1) is 11.3 Å². The third-order valence-corrected chi connectivity index (χ3v) is 5.83. The van der Waals surface area contributed by atoms with Crippen LogP contribution in [0.3, 0.4) is 0 Å². The molecule has 9 heteroatoms. The van der Waals surface area contributed by atoms with E-state index in [1.807, 2.05) is 43.4 Å². The van der Waals surface area contributed by atoms with Crippen molar-refractivity contribution in [2.45, 2.75) is 39.2 Å². The van der Waals surface area contributed by atoms with E-state index in [0.29, 0.717) is 18.2 Å². The van der Waals surface area contributed by atoms with Crippen LogP contribution in [0.1, 0.15) is 48.1 Å². The van der Waals surface area contributed by atoms with Gasteiger partial charge < -0.3 is 10.2 Å². The van der Waals surface area contributed by atoms with Gasteiger partial charge in [0.15, 0.2) is 11.0 Å². The van der Waals surface area contributed by atoms with Gasteiger partial charge in [-0.1, -0.05) is 0 Å². The molecule has 1 unspecified atom stereocenters. The molecule has 4 heterocycles. The maximum absolute atomic E-state index is 13.0. The molecule has 1 fully saturated rings. The van der Waals surface area contributed by atoms with Gasteiger partial charge in [0.1, 0.15) is 5.82 Å². The fourth-order valence-corrected chi connectivity index (χ4v) is 4.27. The number of likely N-dealkylation sites (tertiary alicyclic amines) is 1. The topological polar surface area (TPSA) is 88.8 Å². The normalized spacial score (nSPS) is 16.9. The highest BCUT2D eigenvalue weighted by molar-refractivity contribution is 7.13. The lowest BCUT2D eigenvalue weighted by atomic mass is 10.0. The fourth-order valence-electron chi connectivity index (χ4n) is 3.58. The van der Waals surface area contributed by atoms with Crippen LogP contribution in [0.2, 0.25) is 0 Å². The van der Waals surface area contributed by atoms with Crippen LogP contribution in [0.25, 0.3) is 6.08 Å². The standard InChI is InChI=1S/C21H25N7OS/c1-14-10-18(26-21-24-15(2)13-30-21)25-20(23-14)17-6-4-5-9-28(17)19(29)8-7-16-11-22-27(3)12-16/h7-8,10-13,17H,4-6,9H2,1-3H3,(H,23,24,25,26)/b8-7+. The monoisotopic (exact) mass is 423 g/mol. The second-order valence-electron chi connectivity index (χ2n) is 7.50. The van der Waals surface area contributed by atoms with E-state index in [0.717, 1.165) is 41.3 Å². The molecule has 0 aromatic carbocycles. The summed E-state index contributed by atoms with van der Waals surface area (Å²) in [5, 5.41) is 10.2. The Labute approximate surface area is 179 Å². The number of nitrogens with zero attached hydrogens (tertiary/aromatic N) is 6. The van der Waals surface area contributed by atoms with Crippen LogP contribution in [-0.2, 0) is 11.8 Å². The van der Waals surface area contributed by atoms with E-state index in [2.05, 4.69) is 20.4 Å². The zero-order valence-corrected chi connectivity index (χ0v) is 18.2. The molecule has 30 heavy (non-hydrogen) atoms. The van der Waals surface area contributed by atoms with Gasteiger partial charge in [-0.3, -0.25) is 9.48 Å². The first-order valence-corrected chi connectivity index (χ1v) is 10.9. The van der Waals surface area contributed by atoms with Gasteiger partial charge in [0.05, 0.1) is 17.9 Å². The number of hydrogen-bond donors (Lipinski definition) is 1. The van der Waals surface area contributed by atoms with Gasteiger partial charge in [-0.25, -0.2) is 15.0 Å². The molecule has 3 aromatic rings. The lowest BCUT2D eigenvalue weighted by Crippen LogP contribution is -2.38. The molecule has 4 rings (SSSR count). The van der Waals surface area contributed by atoms with Crippen LogP contribution in [0.4, 0.5) is 10.9 Å². The van der Waals surface area contributed by atoms with Gasteiger partial charge >= 0.3 is 0 Å². The second kappa shape index (κ2) is 8.74. The molecule has 1 aliphatic heterocycles. The predicted molar refractivity (Wildman–Crippen MR) is 117 cm³/mol. The van der Waals surface area contributed by atoms with Crippen molar-refractivity contribution >= 4 is 34.3 Å². The molecular weight excluding hydrogens is 398 g/mol. The Hall–Kier alpha value is -3.07. The van der Waals surface area contributed by atoms with E-state index >= 15 is 0 Å². The highest BCUT2D eigenvalue weighted by atomic mass is 32.1. The van der Waals surface area contributed by atoms with E-state index in [1.54, 1.807) is 34.4 Å². The highest BCUT2D eigenvalue weighted by Gasteiger charge is 2.29. The van der Waals surface area contributed by atoms with Gasteiger partial charge in [-0.05, 0) is 39.2 Å². The molecule has 1 N–H and O–H groups in total. The van der Waals surface area contributed by atoms with Crippen molar-refractivity contribution in [3.63, 3.8) is 0 Å².